The van der Waals surface area contributed by atoms with Gasteiger partial charge in [0.2, 0.25) is 0 Å². The summed E-state index contributed by atoms with van der Waals surface area (Å²) in [5.41, 5.74) is -0.595. The number of aliphatic hydroxyl groups excluding tert-OH is 1. The Morgan fingerprint density at radius 1 is 1.33 bits per heavy atom. The molecule has 0 spiro atoms. The summed E-state index contributed by atoms with van der Waals surface area (Å²) >= 11 is 0. The van der Waals surface area contributed by atoms with Gasteiger partial charge >= 0.3 is 0 Å². The van der Waals surface area contributed by atoms with Crippen molar-refractivity contribution in [2.45, 2.75) is 45.6 Å². The van der Waals surface area contributed by atoms with Gasteiger partial charge in [-0.2, -0.15) is 0 Å². The van der Waals surface area contributed by atoms with E-state index >= 15 is 0 Å². The Kier molecular flexibility index (Phi) is 2.50. The first kappa shape index (κ1) is 10.0. The van der Waals surface area contributed by atoms with Crippen molar-refractivity contribution < 1.29 is 10.2 Å². The lowest BCUT2D eigenvalue weighted by molar-refractivity contribution is -0.0640. The molecule has 0 aromatic carbocycles. The Morgan fingerprint density at radius 2 is 1.92 bits per heavy atom. The Labute approximate surface area is 74.6 Å². The van der Waals surface area contributed by atoms with E-state index in [-0.39, 0.29) is 17.9 Å². The van der Waals surface area contributed by atoms with E-state index in [0.29, 0.717) is 0 Å². The van der Waals surface area contributed by atoms with E-state index < -0.39 is 5.60 Å². The molecule has 2 nitrogen and oxygen atoms in total. The van der Waals surface area contributed by atoms with Crippen LogP contribution in [0.3, 0.4) is 0 Å². The predicted octanol–water partition coefficient (Wildman–Crippen LogP) is 1.56. The molecule has 1 rings (SSSR count). The molecule has 0 aromatic heterocycles. The van der Waals surface area contributed by atoms with Crippen LogP contribution in [0.25, 0.3) is 0 Å². The van der Waals surface area contributed by atoms with Crippen LogP contribution in [-0.2, 0) is 0 Å². The van der Waals surface area contributed by atoms with E-state index in [2.05, 4.69) is 13.8 Å². The molecule has 1 aliphatic carbocycles. The van der Waals surface area contributed by atoms with Crippen molar-refractivity contribution in [1.29, 1.82) is 0 Å². The largest absolute Gasteiger partial charge is 0.396 e. The SMILES string of the molecule is CC1(C)CC[C@H](CCO)[C@]1(C)O. The van der Waals surface area contributed by atoms with Crippen LogP contribution in [0.15, 0.2) is 0 Å². The third-order valence-electron chi connectivity index (χ3n) is 3.76. The third kappa shape index (κ3) is 1.38. The Hall–Kier alpha value is -0.0800. The topological polar surface area (TPSA) is 40.5 Å². The van der Waals surface area contributed by atoms with Gasteiger partial charge in [0.15, 0.2) is 0 Å². The fourth-order valence-corrected chi connectivity index (χ4v) is 2.20. The Bertz CT molecular complexity index is 161. The molecule has 0 bridgehead atoms. The second-order valence-corrected chi connectivity index (χ2v) is 4.78. The predicted molar refractivity (Wildman–Crippen MR) is 48.8 cm³/mol. The van der Waals surface area contributed by atoms with Crippen molar-refractivity contribution in [1.82, 2.24) is 0 Å². The summed E-state index contributed by atoms with van der Waals surface area (Å²) in [6.07, 6.45) is 2.83. The van der Waals surface area contributed by atoms with Gasteiger partial charge in [0.25, 0.3) is 0 Å². The lowest BCUT2D eigenvalue weighted by atomic mass is 9.75. The minimum atomic E-state index is -0.601. The van der Waals surface area contributed by atoms with Gasteiger partial charge in [-0.25, -0.2) is 0 Å². The molecule has 2 atom stereocenters. The van der Waals surface area contributed by atoms with Gasteiger partial charge in [-0.3, -0.25) is 0 Å². The minimum absolute atomic E-state index is 0.00678. The zero-order valence-corrected chi connectivity index (χ0v) is 8.30. The smallest absolute Gasteiger partial charge is 0.0699 e. The summed E-state index contributed by atoms with van der Waals surface area (Å²) in [6, 6.07) is 0. The number of hydrogen-bond donors (Lipinski definition) is 2. The molecule has 0 aliphatic heterocycles. The van der Waals surface area contributed by atoms with E-state index in [1.54, 1.807) is 0 Å². The minimum Gasteiger partial charge on any atom is -0.396 e. The summed E-state index contributed by atoms with van der Waals surface area (Å²) in [6.45, 7) is 6.30. The quantitative estimate of drug-likeness (QED) is 0.663. The second-order valence-electron chi connectivity index (χ2n) is 4.78. The molecule has 2 heteroatoms. The maximum atomic E-state index is 10.2. The van der Waals surface area contributed by atoms with Gasteiger partial charge in [0, 0.05) is 6.61 Å². The molecule has 0 heterocycles. The number of aliphatic hydroxyl groups is 2. The van der Waals surface area contributed by atoms with Gasteiger partial charge in [-0.05, 0) is 37.5 Å². The molecule has 1 aliphatic rings. The molecule has 12 heavy (non-hydrogen) atoms. The first-order chi connectivity index (χ1) is 5.42. The van der Waals surface area contributed by atoms with Crippen LogP contribution in [0.4, 0.5) is 0 Å². The second kappa shape index (κ2) is 3.00. The van der Waals surface area contributed by atoms with Crippen LogP contribution in [0.5, 0.6) is 0 Å². The maximum Gasteiger partial charge on any atom is 0.0699 e. The van der Waals surface area contributed by atoms with Crippen molar-refractivity contribution >= 4 is 0 Å². The van der Waals surface area contributed by atoms with E-state index in [1.807, 2.05) is 6.92 Å². The van der Waals surface area contributed by atoms with Crippen molar-refractivity contribution in [3.8, 4) is 0 Å². The molecule has 1 saturated carbocycles. The molecule has 0 radical (unpaired) electrons. The molecule has 2 N–H and O–H groups in total. The molecule has 0 aromatic rings. The first-order valence-corrected chi connectivity index (χ1v) is 4.75. The van der Waals surface area contributed by atoms with E-state index in [4.69, 9.17) is 5.11 Å². The van der Waals surface area contributed by atoms with Crippen LogP contribution in [-0.4, -0.2) is 22.4 Å². The lowest BCUT2D eigenvalue weighted by Crippen LogP contribution is -2.42. The van der Waals surface area contributed by atoms with Crippen LogP contribution < -0.4 is 0 Å². The van der Waals surface area contributed by atoms with Gasteiger partial charge < -0.3 is 10.2 Å². The lowest BCUT2D eigenvalue weighted by Gasteiger charge is -2.37. The Balaban J connectivity index is 2.71. The van der Waals surface area contributed by atoms with Gasteiger partial charge in [-0.1, -0.05) is 13.8 Å². The average Bonchev–Trinajstić information content (AvgIpc) is 2.13. The summed E-state index contributed by atoms with van der Waals surface area (Å²) < 4.78 is 0. The van der Waals surface area contributed by atoms with Crippen molar-refractivity contribution in [3.05, 3.63) is 0 Å². The normalized spacial score (nSPS) is 40.2. The molecule has 0 unspecified atom stereocenters. The zero-order valence-electron chi connectivity index (χ0n) is 8.30. The first-order valence-electron chi connectivity index (χ1n) is 4.75. The highest BCUT2D eigenvalue weighted by atomic mass is 16.3. The molecular formula is C10H20O2. The summed E-state index contributed by atoms with van der Waals surface area (Å²) in [5, 5.41) is 19.0. The van der Waals surface area contributed by atoms with E-state index in [0.717, 1.165) is 19.3 Å². The standard InChI is InChI=1S/C10H20O2/c1-9(2)6-4-8(5-7-11)10(9,3)12/h8,11-12H,4-7H2,1-3H3/t8-,10+/m1/s1. The van der Waals surface area contributed by atoms with Gasteiger partial charge in [0.1, 0.15) is 0 Å². The van der Waals surface area contributed by atoms with Gasteiger partial charge in [0.05, 0.1) is 5.60 Å². The fourth-order valence-electron chi connectivity index (χ4n) is 2.20. The maximum absolute atomic E-state index is 10.2. The van der Waals surface area contributed by atoms with Crippen LogP contribution in [0.2, 0.25) is 0 Å². The van der Waals surface area contributed by atoms with Crippen molar-refractivity contribution in [2.24, 2.45) is 11.3 Å². The summed E-state index contributed by atoms with van der Waals surface area (Å²) in [5.74, 6) is 0.275. The number of hydrogen-bond acceptors (Lipinski definition) is 2. The van der Waals surface area contributed by atoms with E-state index in [1.165, 1.54) is 0 Å². The third-order valence-corrected chi connectivity index (χ3v) is 3.76. The molecule has 72 valence electrons. The van der Waals surface area contributed by atoms with Crippen molar-refractivity contribution in [2.75, 3.05) is 6.61 Å². The molecular weight excluding hydrogens is 152 g/mol. The molecule has 0 saturated heterocycles. The fraction of sp³-hybridized carbons (Fsp3) is 1.00. The highest BCUT2D eigenvalue weighted by molar-refractivity contribution is 5.00. The van der Waals surface area contributed by atoms with Crippen LogP contribution in [0, 0.1) is 11.3 Å². The average molecular weight is 172 g/mol. The van der Waals surface area contributed by atoms with E-state index in [9.17, 15) is 5.11 Å². The summed E-state index contributed by atoms with van der Waals surface area (Å²) in [4.78, 5) is 0. The van der Waals surface area contributed by atoms with Crippen LogP contribution >= 0.6 is 0 Å². The zero-order chi connectivity index (χ0) is 9.41. The molecule has 0 amide bonds. The molecule has 1 fully saturated rings. The summed E-state index contributed by atoms with van der Waals surface area (Å²) in [7, 11) is 0. The number of rotatable bonds is 2. The van der Waals surface area contributed by atoms with Gasteiger partial charge in [-0.15, -0.1) is 0 Å². The Morgan fingerprint density at radius 3 is 2.25 bits per heavy atom. The monoisotopic (exact) mass is 172 g/mol. The van der Waals surface area contributed by atoms with Crippen molar-refractivity contribution in [3.63, 3.8) is 0 Å². The highest BCUT2D eigenvalue weighted by Crippen LogP contribution is 2.50. The highest BCUT2D eigenvalue weighted by Gasteiger charge is 2.49. The van der Waals surface area contributed by atoms with Crippen LogP contribution in [0.1, 0.15) is 40.0 Å².